The Balaban J connectivity index is 1.32. The van der Waals surface area contributed by atoms with E-state index in [0.717, 1.165) is 50.0 Å². The summed E-state index contributed by atoms with van der Waals surface area (Å²) >= 11 is 0. The maximum absolute atomic E-state index is 12.7. The minimum Gasteiger partial charge on any atom is -0.474 e. The number of piperidine rings is 1. The fraction of sp³-hybridized carbons (Fsp3) is 0.500. The topological polar surface area (TPSA) is 51.7 Å². The second kappa shape index (κ2) is 8.54. The molecule has 0 saturated carbocycles. The second-order valence-corrected chi connectivity index (χ2v) is 8.43. The summed E-state index contributed by atoms with van der Waals surface area (Å²) in [6.07, 6.45) is 4.07. The van der Waals surface area contributed by atoms with Gasteiger partial charge in [0.25, 0.3) is 0 Å². The number of rotatable bonds is 4. The SMILES string of the molecule is Cc1cccc(CC(=O)N2CCC3(CC2)CC(Oc2cccc(C)n2)CCO3)c1. The first-order valence-corrected chi connectivity index (χ1v) is 10.6. The highest BCUT2D eigenvalue weighted by molar-refractivity contribution is 5.79. The number of nitrogens with zero attached hydrogens (tertiary/aromatic N) is 2. The minimum atomic E-state index is -0.174. The molecule has 2 fully saturated rings. The van der Waals surface area contributed by atoms with Crippen molar-refractivity contribution in [1.29, 1.82) is 0 Å². The van der Waals surface area contributed by atoms with E-state index < -0.39 is 0 Å². The van der Waals surface area contributed by atoms with Gasteiger partial charge in [-0.05, 0) is 38.3 Å². The zero-order chi connectivity index (χ0) is 20.3. The first-order chi connectivity index (χ1) is 14.0. The number of carbonyl (C=O) groups excluding carboxylic acids is 1. The minimum absolute atomic E-state index is 0.118. The maximum Gasteiger partial charge on any atom is 0.226 e. The molecule has 29 heavy (non-hydrogen) atoms. The Labute approximate surface area is 173 Å². The summed E-state index contributed by atoms with van der Waals surface area (Å²) < 4.78 is 12.4. The molecule has 2 aliphatic rings. The molecule has 4 rings (SSSR count). The monoisotopic (exact) mass is 394 g/mol. The van der Waals surface area contributed by atoms with Crippen LogP contribution in [0.3, 0.4) is 0 Å². The van der Waals surface area contributed by atoms with Gasteiger partial charge in [0.05, 0.1) is 18.6 Å². The number of benzene rings is 1. The number of amides is 1. The van der Waals surface area contributed by atoms with Gasteiger partial charge in [0.15, 0.2) is 0 Å². The van der Waals surface area contributed by atoms with E-state index in [4.69, 9.17) is 9.47 Å². The fourth-order valence-electron chi connectivity index (χ4n) is 4.46. The standard InChI is InChI=1S/C24H30N2O3/c1-18-5-3-7-20(15-18)16-23(27)26-12-10-24(11-13-26)17-21(9-14-28-24)29-22-8-4-6-19(2)25-22/h3-8,15,21H,9-14,16-17H2,1-2H3. The number of pyridine rings is 1. The van der Waals surface area contributed by atoms with Gasteiger partial charge in [-0.3, -0.25) is 4.79 Å². The van der Waals surface area contributed by atoms with Crippen molar-refractivity contribution in [3.8, 4) is 5.88 Å². The largest absolute Gasteiger partial charge is 0.474 e. The van der Waals surface area contributed by atoms with Crippen LogP contribution in [0.15, 0.2) is 42.5 Å². The number of likely N-dealkylation sites (tertiary alicyclic amines) is 1. The molecule has 0 N–H and O–H groups in total. The van der Waals surface area contributed by atoms with Crippen LogP contribution < -0.4 is 4.74 Å². The quantitative estimate of drug-likeness (QED) is 0.790. The highest BCUT2D eigenvalue weighted by atomic mass is 16.5. The van der Waals surface area contributed by atoms with Gasteiger partial charge in [0.2, 0.25) is 11.8 Å². The van der Waals surface area contributed by atoms with Crippen molar-refractivity contribution in [3.63, 3.8) is 0 Å². The Morgan fingerprint density at radius 2 is 2.00 bits per heavy atom. The molecule has 5 heteroatoms. The smallest absolute Gasteiger partial charge is 0.226 e. The van der Waals surface area contributed by atoms with Crippen molar-refractivity contribution < 1.29 is 14.3 Å². The zero-order valence-electron chi connectivity index (χ0n) is 17.4. The highest BCUT2D eigenvalue weighted by Crippen LogP contribution is 2.36. The molecule has 154 valence electrons. The molecule has 1 aromatic carbocycles. The first kappa shape index (κ1) is 19.9. The van der Waals surface area contributed by atoms with E-state index in [2.05, 4.69) is 24.0 Å². The lowest BCUT2D eigenvalue weighted by atomic mass is 9.83. The third-order valence-corrected chi connectivity index (χ3v) is 6.06. The summed E-state index contributed by atoms with van der Waals surface area (Å²) in [5.41, 5.74) is 3.07. The molecule has 5 nitrogen and oxygen atoms in total. The van der Waals surface area contributed by atoms with Crippen LogP contribution in [-0.4, -0.2) is 47.2 Å². The molecule has 3 heterocycles. The van der Waals surface area contributed by atoms with E-state index >= 15 is 0 Å². The number of aryl methyl sites for hydroxylation is 2. The molecule has 1 amide bonds. The van der Waals surface area contributed by atoms with Gasteiger partial charge >= 0.3 is 0 Å². The number of ether oxygens (including phenoxy) is 2. The van der Waals surface area contributed by atoms with Crippen LogP contribution in [0.1, 0.15) is 42.5 Å². The molecule has 0 radical (unpaired) electrons. The summed E-state index contributed by atoms with van der Waals surface area (Å²) in [4.78, 5) is 19.2. The third-order valence-electron chi connectivity index (χ3n) is 6.06. The predicted octanol–water partition coefficient (Wildman–Crippen LogP) is 3.86. The first-order valence-electron chi connectivity index (χ1n) is 10.6. The van der Waals surface area contributed by atoms with Gasteiger partial charge in [0.1, 0.15) is 6.10 Å². The van der Waals surface area contributed by atoms with Crippen molar-refractivity contribution in [2.75, 3.05) is 19.7 Å². The summed E-state index contributed by atoms with van der Waals surface area (Å²) in [6, 6.07) is 14.1. The average molecular weight is 395 g/mol. The van der Waals surface area contributed by atoms with Crippen LogP contribution in [0.25, 0.3) is 0 Å². The summed E-state index contributed by atoms with van der Waals surface area (Å²) in [5.74, 6) is 0.899. The fourth-order valence-corrected chi connectivity index (χ4v) is 4.46. The lowest BCUT2D eigenvalue weighted by molar-refractivity contribution is -0.151. The molecular weight excluding hydrogens is 364 g/mol. The molecule has 1 atom stereocenters. The van der Waals surface area contributed by atoms with E-state index in [-0.39, 0.29) is 17.6 Å². The highest BCUT2D eigenvalue weighted by Gasteiger charge is 2.42. The molecule has 1 spiro atoms. The third kappa shape index (κ3) is 4.96. The molecule has 2 saturated heterocycles. The van der Waals surface area contributed by atoms with Crippen molar-refractivity contribution in [2.24, 2.45) is 0 Å². The van der Waals surface area contributed by atoms with Crippen LogP contribution in [-0.2, 0) is 16.0 Å². The Hall–Kier alpha value is -2.40. The molecule has 1 aromatic heterocycles. The second-order valence-electron chi connectivity index (χ2n) is 8.43. The van der Waals surface area contributed by atoms with Gasteiger partial charge in [-0.15, -0.1) is 0 Å². The molecule has 2 aromatic rings. The van der Waals surface area contributed by atoms with Crippen LogP contribution in [0.4, 0.5) is 0 Å². The Kier molecular flexibility index (Phi) is 5.86. The Morgan fingerprint density at radius 1 is 1.21 bits per heavy atom. The van der Waals surface area contributed by atoms with Gasteiger partial charge < -0.3 is 14.4 Å². The van der Waals surface area contributed by atoms with Gasteiger partial charge in [-0.25, -0.2) is 4.98 Å². The average Bonchev–Trinajstić information content (AvgIpc) is 2.69. The van der Waals surface area contributed by atoms with Crippen molar-refractivity contribution in [1.82, 2.24) is 9.88 Å². The van der Waals surface area contributed by atoms with Crippen LogP contribution >= 0.6 is 0 Å². The van der Waals surface area contributed by atoms with E-state index in [1.165, 1.54) is 5.56 Å². The molecular formula is C24H30N2O3. The lowest BCUT2D eigenvalue weighted by Crippen LogP contribution is -2.52. The van der Waals surface area contributed by atoms with Crippen LogP contribution in [0, 0.1) is 13.8 Å². The summed E-state index contributed by atoms with van der Waals surface area (Å²) in [6.45, 7) is 6.24. The van der Waals surface area contributed by atoms with E-state index in [9.17, 15) is 4.79 Å². The molecule has 1 unspecified atom stereocenters. The number of hydrogen-bond donors (Lipinski definition) is 0. The normalized spacial score (nSPS) is 21.2. The van der Waals surface area contributed by atoms with Gasteiger partial charge in [-0.1, -0.05) is 35.9 Å². The van der Waals surface area contributed by atoms with Crippen molar-refractivity contribution in [2.45, 2.75) is 57.7 Å². The summed E-state index contributed by atoms with van der Waals surface area (Å²) in [5, 5.41) is 0. The molecule has 0 bridgehead atoms. The van der Waals surface area contributed by atoms with E-state index in [1.54, 1.807) is 0 Å². The van der Waals surface area contributed by atoms with Crippen molar-refractivity contribution >= 4 is 5.91 Å². The predicted molar refractivity (Wildman–Crippen MR) is 112 cm³/mol. The van der Waals surface area contributed by atoms with E-state index in [0.29, 0.717) is 18.9 Å². The van der Waals surface area contributed by atoms with Crippen LogP contribution in [0.2, 0.25) is 0 Å². The van der Waals surface area contributed by atoms with Crippen LogP contribution in [0.5, 0.6) is 5.88 Å². The molecule has 0 aliphatic carbocycles. The van der Waals surface area contributed by atoms with E-state index in [1.807, 2.05) is 42.2 Å². The Bertz CT molecular complexity index is 859. The number of carbonyl (C=O) groups is 1. The van der Waals surface area contributed by atoms with Gasteiger partial charge in [-0.2, -0.15) is 0 Å². The maximum atomic E-state index is 12.7. The summed E-state index contributed by atoms with van der Waals surface area (Å²) in [7, 11) is 0. The molecule has 2 aliphatic heterocycles. The zero-order valence-corrected chi connectivity index (χ0v) is 17.4. The van der Waals surface area contributed by atoms with Gasteiger partial charge in [0, 0.05) is 37.7 Å². The number of hydrogen-bond acceptors (Lipinski definition) is 4. The lowest BCUT2D eigenvalue weighted by Gasteiger charge is -2.46. The number of aromatic nitrogens is 1. The Morgan fingerprint density at radius 3 is 2.76 bits per heavy atom. The van der Waals surface area contributed by atoms with Crippen molar-refractivity contribution in [3.05, 3.63) is 59.3 Å².